The number of hydrogen-bond donors (Lipinski definition) is 0. The second-order valence-corrected chi connectivity index (χ2v) is 6.54. The van der Waals surface area contributed by atoms with Gasteiger partial charge in [0, 0.05) is 0 Å². The summed E-state index contributed by atoms with van der Waals surface area (Å²) in [6.45, 7) is 0. The lowest BCUT2D eigenvalue weighted by Crippen LogP contribution is -1.87. The third kappa shape index (κ3) is 2.16. The zero-order chi connectivity index (χ0) is 16.8. The van der Waals surface area contributed by atoms with Gasteiger partial charge in [-0.15, -0.1) is 0 Å². The van der Waals surface area contributed by atoms with Crippen molar-refractivity contribution in [1.82, 2.24) is 0 Å². The summed E-state index contributed by atoms with van der Waals surface area (Å²) in [6.07, 6.45) is 0.469. The summed E-state index contributed by atoms with van der Waals surface area (Å²) >= 11 is 0. The highest BCUT2D eigenvalue weighted by Crippen LogP contribution is 2.35. The van der Waals surface area contributed by atoms with E-state index in [1.807, 2.05) is 0 Å². The molecule has 25 heavy (non-hydrogen) atoms. The fourth-order valence-electron chi connectivity index (χ4n) is 3.67. The van der Waals surface area contributed by atoms with Crippen molar-refractivity contribution < 1.29 is 0 Å². The summed E-state index contributed by atoms with van der Waals surface area (Å²) in [5, 5.41) is 16.5. The molecule has 116 valence electrons. The normalized spacial score (nSPS) is 11.3. The van der Waals surface area contributed by atoms with Gasteiger partial charge in [0.15, 0.2) is 0 Å². The Bertz CT molecular complexity index is 1170. The molecule has 0 radical (unpaired) electrons. The topological polar surface area (TPSA) is 23.8 Å². The van der Waals surface area contributed by atoms with Gasteiger partial charge in [-0.05, 0) is 49.0 Å². The molecule has 0 spiro atoms. The molecule has 0 heterocycles. The molecule has 4 aromatic rings. The van der Waals surface area contributed by atoms with Crippen molar-refractivity contribution in [1.29, 1.82) is 5.26 Å². The molecule has 0 unspecified atom stereocenters. The molecule has 0 saturated carbocycles. The summed E-state index contributed by atoms with van der Waals surface area (Å²) in [5.74, 6) is 0. The summed E-state index contributed by atoms with van der Waals surface area (Å²) in [6, 6.07) is 30.0. The van der Waals surface area contributed by atoms with Crippen molar-refractivity contribution in [2.45, 2.75) is 6.42 Å². The van der Waals surface area contributed by atoms with Crippen LogP contribution >= 0.6 is 0 Å². The van der Waals surface area contributed by atoms with Gasteiger partial charge in [0.05, 0.1) is 12.5 Å². The second kappa shape index (κ2) is 5.33. The summed E-state index contributed by atoms with van der Waals surface area (Å²) in [7, 11) is 0. The summed E-state index contributed by atoms with van der Waals surface area (Å²) in [5.41, 5.74) is 3.94. The van der Waals surface area contributed by atoms with Crippen LogP contribution in [-0.4, -0.2) is 0 Å². The molecule has 0 amide bonds. The molecular formula is C24H15N. The van der Waals surface area contributed by atoms with E-state index in [0.29, 0.717) is 6.42 Å². The van der Waals surface area contributed by atoms with Crippen LogP contribution < -0.4 is 0 Å². The van der Waals surface area contributed by atoms with Gasteiger partial charge < -0.3 is 0 Å². The zero-order valence-electron chi connectivity index (χ0n) is 13.7. The molecule has 0 fully saturated rings. The van der Waals surface area contributed by atoms with Crippen molar-refractivity contribution in [3.05, 3.63) is 84.4 Å². The second-order valence-electron chi connectivity index (χ2n) is 6.54. The molecule has 0 bridgehead atoms. The highest BCUT2D eigenvalue weighted by atomic mass is 14.2. The maximum absolute atomic E-state index is 8.87. The minimum Gasteiger partial charge on any atom is -0.198 e. The number of fused-ring (bicyclic) bond motifs is 1. The Morgan fingerprint density at radius 2 is 1.08 bits per heavy atom. The minimum absolute atomic E-state index is 0.469. The van der Waals surface area contributed by atoms with Gasteiger partial charge in [-0.3, -0.25) is 0 Å². The Kier molecular flexibility index (Phi) is 2.99. The fourth-order valence-corrected chi connectivity index (χ4v) is 3.67. The SMILES string of the molecule is N#CCc1cc2ccc3cccc4ccc(c1)c2c34.c1cc2ccc1-2. The van der Waals surface area contributed by atoms with Crippen LogP contribution in [0.5, 0.6) is 0 Å². The third-order valence-electron chi connectivity index (χ3n) is 5.02. The van der Waals surface area contributed by atoms with E-state index in [1.54, 1.807) is 0 Å². The molecular weight excluding hydrogens is 302 g/mol. The maximum atomic E-state index is 8.87. The van der Waals surface area contributed by atoms with Crippen LogP contribution in [0.4, 0.5) is 0 Å². The predicted octanol–water partition coefficient (Wildman–Crippen LogP) is 6.32. The highest BCUT2D eigenvalue weighted by molar-refractivity contribution is 6.23. The molecule has 4 aromatic carbocycles. The predicted molar refractivity (Wildman–Crippen MR) is 105 cm³/mol. The third-order valence-corrected chi connectivity index (χ3v) is 5.02. The molecule has 1 heteroatoms. The van der Waals surface area contributed by atoms with Crippen LogP contribution in [0.3, 0.4) is 0 Å². The van der Waals surface area contributed by atoms with E-state index in [2.05, 4.69) is 84.9 Å². The number of benzene rings is 5. The maximum Gasteiger partial charge on any atom is 0.0669 e. The fraction of sp³-hybridized carbons (Fsp3) is 0.0417. The van der Waals surface area contributed by atoms with E-state index in [0.717, 1.165) is 5.56 Å². The molecule has 0 atom stereocenters. The van der Waals surface area contributed by atoms with Crippen LogP contribution in [0.15, 0.2) is 78.9 Å². The lowest BCUT2D eigenvalue weighted by molar-refractivity contribution is 1.28. The lowest BCUT2D eigenvalue weighted by atomic mass is 9.92. The largest absolute Gasteiger partial charge is 0.198 e. The number of nitrogens with zero attached hydrogens (tertiary/aromatic N) is 1. The van der Waals surface area contributed by atoms with E-state index in [-0.39, 0.29) is 0 Å². The Morgan fingerprint density at radius 3 is 1.52 bits per heavy atom. The smallest absolute Gasteiger partial charge is 0.0669 e. The molecule has 0 N–H and O–H groups in total. The van der Waals surface area contributed by atoms with Gasteiger partial charge in [0.25, 0.3) is 0 Å². The Hall–Kier alpha value is -3.37. The van der Waals surface area contributed by atoms with E-state index >= 15 is 0 Å². The number of nitriles is 1. The van der Waals surface area contributed by atoms with Crippen LogP contribution in [0.2, 0.25) is 0 Å². The average molecular weight is 317 g/mol. The van der Waals surface area contributed by atoms with E-state index in [9.17, 15) is 0 Å². The quantitative estimate of drug-likeness (QED) is 0.326. The van der Waals surface area contributed by atoms with Crippen molar-refractivity contribution in [2.24, 2.45) is 0 Å². The summed E-state index contributed by atoms with van der Waals surface area (Å²) in [4.78, 5) is 0. The van der Waals surface area contributed by atoms with E-state index in [1.165, 1.54) is 43.4 Å². The molecule has 1 nitrogen and oxygen atoms in total. The first-order valence-corrected chi connectivity index (χ1v) is 8.47. The van der Waals surface area contributed by atoms with Gasteiger partial charge in [-0.2, -0.15) is 5.26 Å². The van der Waals surface area contributed by atoms with Gasteiger partial charge in [0.2, 0.25) is 0 Å². The zero-order valence-corrected chi connectivity index (χ0v) is 13.7. The lowest BCUT2D eigenvalue weighted by Gasteiger charge is -2.11. The van der Waals surface area contributed by atoms with Gasteiger partial charge in [0.1, 0.15) is 0 Å². The Balaban J connectivity index is 0.000000195. The molecule has 6 rings (SSSR count). The molecule has 2 aliphatic rings. The van der Waals surface area contributed by atoms with Crippen LogP contribution in [0, 0.1) is 11.3 Å². The Labute approximate surface area is 146 Å². The van der Waals surface area contributed by atoms with E-state index in [4.69, 9.17) is 5.26 Å². The van der Waals surface area contributed by atoms with Crippen LogP contribution in [0.25, 0.3) is 43.4 Å². The molecule has 0 aliphatic heterocycles. The molecule has 0 aromatic heterocycles. The molecule has 2 aliphatic carbocycles. The van der Waals surface area contributed by atoms with Crippen molar-refractivity contribution in [3.63, 3.8) is 0 Å². The first-order chi connectivity index (χ1) is 12.3. The minimum atomic E-state index is 0.469. The first-order valence-electron chi connectivity index (χ1n) is 8.47. The first kappa shape index (κ1) is 14.0. The average Bonchev–Trinajstić information content (AvgIpc) is 2.63. The van der Waals surface area contributed by atoms with Crippen LogP contribution in [-0.2, 0) is 6.42 Å². The van der Waals surface area contributed by atoms with Crippen molar-refractivity contribution in [3.8, 4) is 17.2 Å². The van der Waals surface area contributed by atoms with Crippen molar-refractivity contribution >= 4 is 32.3 Å². The highest BCUT2D eigenvalue weighted by Gasteiger charge is 2.08. The van der Waals surface area contributed by atoms with Crippen molar-refractivity contribution in [2.75, 3.05) is 0 Å². The van der Waals surface area contributed by atoms with E-state index < -0.39 is 0 Å². The van der Waals surface area contributed by atoms with Gasteiger partial charge in [-0.25, -0.2) is 0 Å². The van der Waals surface area contributed by atoms with Gasteiger partial charge >= 0.3 is 0 Å². The monoisotopic (exact) mass is 317 g/mol. The molecule has 0 saturated heterocycles. The summed E-state index contributed by atoms with van der Waals surface area (Å²) < 4.78 is 0. The van der Waals surface area contributed by atoms with Gasteiger partial charge in [-0.1, -0.05) is 78.9 Å². The Morgan fingerprint density at radius 1 is 0.600 bits per heavy atom. The number of hydrogen-bond acceptors (Lipinski definition) is 1. The van der Waals surface area contributed by atoms with Crippen LogP contribution in [0.1, 0.15) is 5.56 Å². The number of rotatable bonds is 1. The standard InChI is InChI=1S/C18H11N.C6H4/c19-9-8-12-10-15-6-4-13-2-1-3-14-5-7-16(11-12)18(15)17(13)14;1-2-6-4-3-5(1)6/h1-7,10-11H,8H2;1-4H.